The molecule has 1 fully saturated rings. The largest absolute Gasteiger partial charge is 0.305 e. The summed E-state index contributed by atoms with van der Waals surface area (Å²) in [5, 5.41) is 3.44. The van der Waals surface area contributed by atoms with Gasteiger partial charge in [-0.1, -0.05) is 41.6 Å². The van der Waals surface area contributed by atoms with E-state index >= 15 is 0 Å². The predicted octanol–water partition coefficient (Wildman–Crippen LogP) is 2.65. The van der Waals surface area contributed by atoms with Crippen molar-refractivity contribution in [1.29, 1.82) is 0 Å². The third-order valence-corrected chi connectivity index (χ3v) is 2.54. The van der Waals surface area contributed by atoms with Gasteiger partial charge in [-0.05, 0) is 12.8 Å². The van der Waals surface area contributed by atoms with Gasteiger partial charge in [-0.15, -0.1) is 0 Å². The maximum atomic E-state index is 3.44. The zero-order valence-corrected chi connectivity index (χ0v) is 7.99. The molecule has 0 aliphatic heterocycles. The summed E-state index contributed by atoms with van der Waals surface area (Å²) in [6, 6.07) is 0.793. The first-order valence-electron chi connectivity index (χ1n) is 4.23. The first kappa shape index (κ1) is 8.54. The Hall–Kier alpha value is 0.440. The van der Waals surface area contributed by atoms with E-state index in [0.717, 1.165) is 11.5 Å². The number of nitrogens with one attached hydrogen (secondary N) is 1. The molecule has 0 heterocycles. The van der Waals surface area contributed by atoms with E-state index in [9.17, 15) is 0 Å². The number of hydrogen-bond donors (Lipinski definition) is 1. The van der Waals surface area contributed by atoms with Crippen molar-refractivity contribution in [1.82, 2.24) is 5.32 Å². The van der Waals surface area contributed by atoms with Crippen molar-refractivity contribution in [2.24, 2.45) is 0 Å². The molecule has 1 saturated carbocycles. The maximum absolute atomic E-state index is 3.44. The van der Waals surface area contributed by atoms with Crippen molar-refractivity contribution >= 4 is 15.9 Å². The number of rotatable bonds is 2. The van der Waals surface area contributed by atoms with Gasteiger partial charge in [-0.2, -0.15) is 0 Å². The third-order valence-electron chi connectivity index (χ3n) is 2.22. The third kappa shape index (κ3) is 3.02. The van der Waals surface area contributed by atoms with Crippen LogP contribution in [0.1, 0.15) is 38.5 Å². The fourth-order valence-corrected chi connectivity index (χ4v) is 2.05. The highest BCUT2D eigenvalue weighted by Crippen LogP contribution is 2.16. The summed E-state index contributed by atoms with van der Waals surface area (Å²) >= 11 is 3.40. The van der Waals surface area contributed by atoms with E-state index in [1.807, 2.05) is 0 Å². The lowest BCUT2D eigenvalue weighted by molar-refractivity contribution is 0.494. The molecule has 1 rings (SSSR count). The molecule has 0 amide bonds. The number of alkyl halides is 1. The topological polar surface area (TPSA) is 12.0 Å². The van der Waals surface area contributed by atoms with Crippen LogP contribution in [0, 0.1) is 0 Å². The Balaban J connectivity index is 2.15. The van der Waals surface area contributed by atoms with Gasteiger partial charge in [0.1, 0.15) is 0 Å². The van der Waals surface area contributed by atoms with Crippen LogP contribution in [-0.2, 0) is 0 Å². The van der Waals surface area contributed by atoms with Crippen LogP contribution in [0.15, 0.2) is 0 Å². The number of hydrogen-bond acceptors (Lipinski definition) is 1. The Morgan fingerprint density at radius 3 is 2.20 bits per heavy atom. The first-order valence-corrected chi connectivity index (χ1v) is 5.35. The minimum Gasteiger partial charge on any atom is -0.305 e. The highest BCUT2D eigenvalue weighted by Gasteiger charge is 2.09. The van der Waals surface area contributed by atoms with Crippen LogP contribution in [0.3, 0.4) is 0 Å². The van der Waals surface area contributed by atoms with E-state index in [4.69, 9.17) is 0 Å². The molecule has 0 radical (unpaired) electrons. The van der Waals surface area contributed by atoms with Crippen molar-refractivity contribution in [2.45, 2.75) is 44.6 Å². The maximum Gasteiger partial charge on any atom is 0.0519 e. The Labute approximate surface area is 71.7 Å². The summed E-state index contributed by atoms with van der Waals surface area (Å²) in [5.74, 6) is 0. The molecule has 0 atom stereocenters. The molecule has 2 heteroatoms. The lowest BCUT2D eigenvalue weighted by Crippen LogP contribution is -2.26. The molecule has 1 N–H and O–H groups in total. The average Bonchev–Trinajstić information content (AvgIpc) is 2.17. The monoisotopic (exact) mass is 205 g/mol. The van der Waals surface area contributed by atoms with Gasteiger partial charge in [0, 0.05) is 6.04 Å². The van der Waals surface area contributed by atoms with E-state index in [1.54, 1.807) is 0 Å². The van der Waals surface area contributed by atoms with Crippen molar-refractivity contribution < 1.29 is 0 Å². The quantitative estimate of drug-likeness (QED) is 0.416. The molecule has 60 valence electrons. The molecular weight excluding hydrogens is 190 g/mol. The van der Waals surface area contributed by atoms with E-state index in [1.165, 1.54) is 38.5 Å². The number of halogens is 1. The zero-order chi connectivity index (χ0) is 7.23. The van der Waals surface area contributed by atoms with Gasteiger partial charge in [0.15, 0.2) is 0 Å². The minimum atomic E-state index is 0.793. The van der Waals surface area contributed by atoms with Crippen molar-refractivity contribution in [2.75, 3.05) is 5.45 Å². The highest BCUT2D eigenvalue weighted by atomic mass is 79.9. The van der Waals surface area contributed by atoms with E-state index in [2.05, 4.69) is 21.2 Å². The van der Waals surface area contributed by atoms with Gasteiger partial charge in [0.25, 0.3) is 0 Å². The summed E-state index contributed by atoms with van der Waals surface area (Å²) in [6.07, 6.45) is 8.49. The molecule has 1 nitrogen and oxygen atoms in total. The van der Waals surface area contributed by atoms with Crippen molar-refractivity contribution in [3.8, 4) is 0 Å². The highest BCUT2D eigenvalue weighted by molar-refractivity contribution is 9.09. The first-order chi connectivity index (χ1) is 4.93. The normalized spacial score (nSPS) is 22.5. The van der Waals surface area contributed by atoms with Gasteiger partial charge in [-0.3, -0.25) is 0 Å². The summed E-state index contributed by atoms with van der Waals surface area (Å²) in [6.45, 7) is 0. The molecule has 1 aliphatic carbocycles. The molecule has 0 spiro atoms. The van der Waals surface area contributed by atoms with Crippen LogP contribution in [0.25, 0.3) is 0 Å². The molecule has 0 aromatic rings. The molecule has 0 saturated heterocycles. The molecule has 1 aliphatic rings. The SMILES string of the molecule is BrCNC1CCCCCC1. The summed E-state index contributed by atoms with van der Waals surface area (Å²) in [7, 11) is 0. The second kappa shape index (κ2) is 5.14. The second-order valence-corrected chi connectivity index (χ2v) is 3.59. The summed E-state index contributed by atoms with van der Waals surface area (Å²) < 4.78 is 0. The second-order valence-electron chi connectivity index (χ2n) is 3.03. The average molecular weight is 206 g/mol. The zero-order valence-electron chi connectivity index (χ0n) is 6.41. The lowest BCUT2D eigenvalue weighted by Gasteiger charge is -2.12. The fourth-order valence-electron chi connectivity index (χ4n) is 1.59. The van der Waals surface area contributed by atoms with Gasteiger partial charge in [0.2, 0.25) is 0 Å². The van der Waals surface area contributed by atoms with Crippen LogP contribution in [0.5, 0.6) is 0 Å². The molecule has 0 aromatic carbocycles. The van der Waals surface area contributed by atoms with Crippen molar-refractivity contribution in [3.05, 3.63) is 0 Å². The Bertz CT molecular complexity index is 77.3. The summed E-state index contributed by atoms with van der Waals surface area (Å²) in [5.41, 5.74) is 0.956. The molecule has 0 aromatic heterocycles. The molecular formula is C8H16BrN. The predicted molar refractivity (Wildman–Crippen MR) is 48.4 cm³/mol. The van der Waals surface area contributed by atoms with E-state index in [-0.39, 0.29) is 0 Å². The minimum absolute atomic E-state index is 0.793. The molecule has 0 bridgehead atoms. The standard InChI is InChI=1S/C8H16BrN/c9-7-10-8-5-3-1-2-4-6-8/h8,10H,1-7H2. The van der Waals surface area contributed by atoms with Crippen LogP contribution >= 0.6 is 15.9 Å². The van der Waals surface area contributed by atoms with Gasteiger partial charge in [0.05, 0.1) is 5.45 Å². The van der Waals surface area contributed by atoms with Gasteiger partial charge < -0.3 is 5.32 Å². The smallest absolute Gasteiger partial charge is 0.0519 e. The van der Waals surface area contributed by atoms with E-state index < -0.39 is 0 Å². The van der Waals surface area contributed by atoms with E-state index in [0.29, 0.717) is 0 Å². The van der Waals surface area contributed by atoms with Crippen LogP contribution in [0.2, 0.25) is 0 Å². The van der Waals surface area contributed by atoms with Crippen LogP contribution < -0.4 is 5.32 Å². The fraction of sp³-hybridized carbons (Fsp3) is 1.00. The van der Waals surface area contributed by atoms with Crippen molar-refractivity contribution in [3.63, 3.8) is 0 Å². The van der Waals surface area contributed by atoms with Crippen LogP contribution in [0.4, 0.5) is 0 Å². The lowest BCUT2D eigenvalue weighted by atomic mass is 10.1. The molecule has 0 unspecified atom stereocenters. The van der Waals surface area contributed by atoms with Gasteiger partial charge >= 0.3 is 0 Å². The molecule has 10 heavy (non-hydrogen) atoms. The Morgan fingerprint density at radius 2 is 1.70 bits per heavy atom. The summed E-state index contributed by atoms with van der Waals surface area (Å²) in [4.78, 5) is 0. The Morgan fingerprint density at radius 1 is 1.10 bits per heavy atom. The van der Waals surface area contributed by atoms with Crippen LogP contribution in [-0.4, -0.2) is 11.5 Å². The van der Waals surface area contributed by atoms with Gasteiger partial charge in [-0.25, -0.2) is 0 Å². The Kier molecular flexibility index (Phi) is 4.39.